The summed E-state index contributed by atoms with van der Waals surface area (Å²) in [4.78, 5) is 10.7. The van der Waals surface area contributed by atoms with E-state index in [1.807, 2.05) is 47.8 Å². The molecule has 0 N–H and O–H groups in total. The molecule has 3 aromatic heterocycles. The Morgan fingerprint density at radius 3 is 2.76 bits per heavy atom. The Kier molecular flexibility index (Phi) is 5.44. The molecule has 6 nitrogen and oxygen atoms in total. The van der Waals surface area contributed by atoms with Crippen LogP contribution in [0.25, 0.3) is 27.3 Å². The lowest BCUT2D eigenvalue weighted by atomic mass is 10.1. The number of nitrogens with zero attached hydrogens (tertiary/aromatic N) is 6. The van der Waals surface area contributed by atoms with Crippen molar-refractivity contribution in [1.82, 2.24) is 24.5 Å². The number of benzene rings is 2. The van der Waals surface area contributed by atoms with Crippen molar-refractivity contribution in [1.29, 1.82) is 0 Å². The zero-order valence-corrected chi connectivity index (χ0v) is 20.1. The van der Waals surface area contributed by atoms with Gasteiger partial charge in [-0.25, -0.2) is 13.8 Å². The van der Waals surface area contributed by atoms with E-state index in [0.29, 0.717) is 11.6 Å². The van der Waals surface area contributed by atoms with Gasteiger partial charge >= 0.3 is 0 Å². The number of thiophene rings is 1. The SMILES string of the molecule is C[C@@H]1CN(c2nc3cc(Cl)ccc3c3nnc(-c4cccs4)n23)CCN1Cc1ccccc1F. The first-order valence-electron chi connectivity index (χ1n) is 11.2. The second kappa shape index (κ2) is 8.61. The fraction of sp³-hybridized carbons (Fsp3) is 0.240. The van der Waals surface area contributed by atoms with Crippen LogP contribution in [0.5, 0.6) is 0 Å². The predicted octanol–water partition coefficient (Wildman–Crippen LogP) is 5.51. The molecule has 5 aromatic rings. The second-order valence-electron chi connectivity index (χ2n) is 8.59. The Bertz CT molecular complexity index is 1480. The van der Waals surface area contributed by atoms with Crippen molar-refractivity contribution >= 4 is 45.4 Å². The summed E-state index contributed by atoms with van der Waals surface area (Å²) in [6.07, 6.45) is 0. The van der Waals surface area contributed by atoms with Gasteiger partial charge < -0.3 is 4.90 Å². The highest BCUT2D eigenvalue weighted by Crippen LogP contribution is 2.32. The van der Waals surface area contributed by atoms with Crippen LogP contribution < -0.4 is 4.90 Å². The van der Waals surface area contributed by atoms with Gasteiger partial charge in [-0.3, -0.25) is 4.90 Å². The average Bonchev–Trinajstić information content (AvgIpc) is 3.51. The van der Waals surface area contributed by atoms with Gasteiger partial charge in [0.15, 0.2) is 11.5 Å². The molecule has 0 amide bonds. The van der Waals surface area contributed by atoms with Crippen LogP contribution in [0.2, 0.25) is 5.02 Å². The molecule has 1 aliphatic heterocycles. The summed E-state index contributed by atoms with van der Waals surface area (Å²) in [6.45, 7) is 5.07. The number of fused-ring (bicyclic) bond motifs is 3. The molecule has 0 unspecified atom stereocenters. The number of rotatable bonds is 4. The molecule has 1 saturated heterocycles. The first kappa shape index (κ1) is 21.5. The molecule has 172 valence electrons. The van der Waals surface area contributed by atoms with Gasteiger partial charge in [0.05, 0.1) is 10.4 Å². The molecular formula is C25H22ClFN6S. The largest absolute Gasteiger partial charge is 0.339 e. The van der Waals surface area contributed by atoms with Gasteiger partial charge in [-0.15, -0.1) is 21.5 Å². The predicted molar refractivity (Wildman–Crippen MR) is 135 cm³/mol. The van der Waals surface area contributed by atoms with Gasteiger partial charge in [-0.2, -0.15) is 0 Å². The van der Waals surface area contributed by atoms with E-state index >= 15 is 0 Å². The minimum atomic E-state index is -0.156. The first-order valence-corrected chi connectivity index (χ1v) is 12.4. The molecule has 1 fully saturated rings. The number of halogens is 2. The molecule has 4 heterocycles. The van der Waals surface area contributed by atoms with Gasteiger partial charge in [0.1, 0.15) is 5.82 Å². The number of aromatic nitrogens is 4. The van der Waals surface area contributed by atoms with Gasteiger partial charge in [0.2, 0.25) is 5.95 Å². The molecule has 0 bridgehead atoms. The van der Waals surface area contributed by atoms with E-state index in [9.17, 15) is 4.39 Å². The number of hydrogen-bond donors (Lipinski definition) is 0. The lowest BCUT2D eigenvalue weighted by Crippen LogP contribution is -2.52. The van der Waals surface area contributed by atoms with Crippen LogP contribution in [0.4, 0.5) is 10.3 Å². The third-order valence-corrected chi connectivity index (χ3v) is 7.51. The van der Waals surface area contributed by atoms with Gasteiger partial charge in [0.25, 0.3) is 0 Å². The lowest BCUT2D eigenvalue weighted by molar-refractivity contribution is 0.178. The Morgan fingerprint density at radius 2 is 1.97 bits per heavy atom. The Labute approximate surface area is 205 Å². The molecule has 0 saturated carbocycles. The smallest absolute Gasteiger partial charge is 0.213 e. The van der Waals surface area contributed by atoms with E-state index in [-0.39, 0.29) is 11.9 Å². The summed E-state index contributed by atoms with van der Waals surface area (Å²) >= 11 is 7.92. The molecular weight excluding hydrogens is 471 g/mol. The summed E-state index contributed by atoms with van der Waals surface area (Å²) in [5.41, 5.74) is 2.28. The van der Waals surface area contributed by atoms with Crippen LogP contribution in [0.15, 0.2) is 60.0 Å². The second-order valence-corrected chi connectivity index (χ2v) is 9.97. The van der Waals surface area contributed by atoms with E-state index in [0.717, 1.165) is 58.4 Å². The molecule has 6 rings (SSSR count). The fourth-order valence-electron chi connectivity index (χ4n) is 4.63. The van der Waals surface area contributed by atoms with Gasteiger partial charge in [-0.05, 0) is 42.6 Å². The maximum absolute atomic E-state index is 14.2. The van der Waals surface area contributed by atoms with Crippen LogP contribution in [-0.4, -0.2) is 50.2 Å². The van der Waals surface area contributed by atoms with Crippen molar-refractivity contribution in [2.45, 2.75) is 19.5 Å². The summed E-state index contributed by atoms with van der Waals surface area (Å²) in [5, 5.41) is 12.7. The van der Waals surface area contributed by atoms with E-state index in [4.69, 9.17) is 16.6 Å². The van der Waals surface area contributed by atoms with E-state index in [1.165, 1.54) is 6.07 Å². The van der Waals surface area contributed by atoms with E-state index < -0.39 is 0 Å². The summed E-state index contributed by atoms with van der Waals surface area (Å²) in [6, 6.07) is 16.9. The fourth-order valence-corrected chi connectivity index (χ4v) is 5.49. The van der Waals surface area contributed by atoms with Crippen molar-refractivity contribution in [3.63, 3.8) is 0 Å². The summed E-state index contributed by atoms with van der Waals surface area (Å²) in [7, 11) is 0. The normalized spacial score (nSPS) is 17.1. The highest BCUT2D eigenvalue weighted by atomic mass is 35.5. The molecule has 2 aromatic carbocycles. The van der Waals surface area contributed by atoms with Crippen LogP contribution in [0.1, 0.15) is 12.5 Å². The third-order valence-electron chi connectivity index (χ3n) is 6.40. The summed E-state index contributed by atoms with van der Waals surface area (Å²) < 4.78 is 16.3. The Balaban J connectivity index is 1.40. The third kappa shape index (κ3) is 3.72. The monoisotopic (exact) mass is 492 g/mol. The van der Waals surface area contributed by atoms with E-state index in [2.05, 4.69) is 31.3 Å². The Hall–Kier alpha value is -3.07. The number of piperazine rings is 1. The molecule has 9 heteroatoms. The molecule has 0 spiro atoms. The minimum absolute atomic E-state index is 0.156. The number of anilines is 1. The van der Waals surface area contributed by atoms with Gasteiger partial charge in [0, 0.05) is 48.2 Å². The minimum Gasteiger partial charge on any atom is -0.339 e. The molecule has 1 atom stereocenters. The maximum atomic E-state index is 14.2. The van der Waals surface area contributed by atoms with Crippen molar-refractivity contribution in [2.75, 3.05) is 24.5 Å². The number of hydrogen-bond acceptors (Lipinski definition) is 6. The van der Waals surface area contributed by atoms with Crippen molar-refractivity contribution in [3.8, 4) is 10.7 Å². The lowest BCUT2D eigenvalue weighted by Gasteiger charge is -2.40. The van der Waals surface area contributed by atoms with E-state index in [1.54, 1.807) is 17.4 Å². The molecule has 34 heavy (non-hydrogen) atoms. The van der Waals surface area contributed by atoms with Crippen LogP contribution in [-0.2, 0) is 6.54 Å². The van der Waals surface area contributed by atoms with Crippen molar-refractivity contribution < 1.29 is 4.39 Å². The van der Waals surface area contributed by atoms with Crippen LogP contribution in [0.3, 0.4) is 0 Å². The highest BCUT2D eigenvalue weighted by Gasteiger charge is 2.28. The first-order chi connectivity index (χ1) is 16.6. The highest BCUT2D eigenvalue weighted by molar-refractivity contribution is 7.13. The van der Waals surface area contributed by atoms with Crippen LogP contribution in [0, 0.1) is 5.82 Å². The quantitative estimate of drug-likeness (QED) is 0.331. The molecule has 1 aliphatic rings. The van der Waals surface area contributed by atoms with Gasteiger partial charge in [-0.1, -0.05) is 35.9 Å². The zero-order valence-electron chi connectivity index (χ0n) is 18.5. The molecule has 0 aliphatic carbocycles. The van der Waals surface area contributed by atoms with Crippen molar-refractivity contribution in [2.24, 2.45) is 0 Å². The van der Waals surface area contributed by atoms with Crippen LogP contribution >= 0.6 is 22.9 Å². The topological polar surface area (TPSA) is 49.6 Å². The average molecular weight is 493 g/mol. The maximum Gasteiger partial charge on any atom is 0.213 e. The Morgan fingerprint density at radius 1 is 1.09 bits per heavy atom. The molecule has 0 radical (unpaired) electrons. The van der Waals surface area contributed by atoms with Crippen molar-refractivity contribution in [3.05, 3.63) is 76.4 Å². The zero-order chi connectivity index (χ0) is 23.2. The summed E-state index contributed by atoms with van der Waals surface area (Å²) in [5.74, 6) is 1.43. The standard InChI is InChI=1S/C25H22ClFN6S/c1-16-14-32(11-10-31(16)15-17-5-2-3-6-20(17)27)25-28-21-13-18(26)8-9-19(21)23-29-30-24(33(23)25)22-7-4-12-34-22/h2-9,12-13,16H,10-11,14-15H2,1H3/t16-/m1/s1.